The molecule has 0 fully saturated rings. The molecule has 0 rings (SSSR count). The third kappa shape index (κ3) is 3.55. The molecule has 5 nitrogen and oxygen atoms in total. The van der Waals surface area contributed by atoms with Crippen molar-refractivity contribution in [2.24, 2.45) is 0 Å². The summed E-state index contributed by atoms with van der Waals surface area (Å²) in [6, 6.07) is 0. The van der Waals surface area contributed by atoms with Crippen LogP contribution < -0.4 is 0 Å². The molecular weight excluding hydrogens is 228 g/mol. The summed E-state index contributed by atoms with van der Waals surface area (Å²) in [6.07, 6.45) is -0.526. The molecule has 0 aromatic heterocycles. The van der Waals surface area contributed by atoms with Crippen LogP contribution in [-0.2, 0) is 23.4 Å². The van der Waals surface area contributed by atoms with Crippen LogP contribution in [0.4, 0.5) is 0 Å². The summed E-state index contributed by atoms with van der Waals surface area (Å²) in [5.74, 6) is -2.09. The molecule has 0 aromatic rings. The van der Waals surface area contributed by atoms with Crippen molar-refractivity contribution in [1.29, 1.82) is 0 Å². The summed E-state index contributed by atoms with van der Waals surface area (Å²) < 4.78 is 20.8. The van der Waals surface area contributed by atoms with E-state index in [1.807, 2.05) is 19.6 Å². The standard InChI is InChI=1S/C10H22O5Si/c1-8(15-16(5,6)7)10(13-3,14-4)9(11)12-2/h8H,1-7H3. The second-order valence-electron chi connectivity index (χ2n) is 4.44. The van der Waals surface area contributed by atoms with E-state index in [2.05, 4.69) is 4.74 Å². The van der Waals surface area contributed by atoms with E-state index in [4.69, 9.17) is 13.9 Å². The van der Waals surface area contributed by atoms with Crippen LogP contribution in [-0.4, -0.2) is 47.5 Å². The molecule has 1 atom stereocenters. The zero-order valence-electron chi connectivity index (χ0n) is 11.1. The van der Waals surface area contributed by atoms with Gasteiger partial charge in [-0.1, -0.05) is 0 Å². The predicted molar refractivity (Wildman–Crippen MR) is 62.7 cm³/mol. The molecule has 16 heavy (non-hydrogen) atoms. The fourth-order valence-electron chi connectivity index (χ4n) is 1.50. The summed E-state index contributed by atoms with van der Waals surface area (Å²) >= 11 is 0. The molecule has 0 radical (unpaired) electrons. The molecular formula is C10H22O5Si. The third-order valence-electron chi connectivity index (χ3n) is 2.14. The van der Waals surface area contributed by atoms with Crippen LogP contribution in [0.1, 0.15) is 6.92 Å². The highest BCUT2D eigenvalue weighted by atomic mass is 28.4. The van der Waals surface area contributed by atoms with Gasteiger partial charge in [-0.15, -0.1) is 0 Å². The summed E-state index contributed by atoms with van der Waals surface area (Å²) in [5.41, 5.74) is 0. The van der Waals surface area contributed by atoms with Crippen LogP contribution in [0, 0.1) is 0 Å². The van der Waals surface area contributed by atoms with E-state index < -0.39 is 26.2 Å². The quantitative estimate of drug-likeness (QED) is 0.405. The number of hydrogen-bond donors (Lipinski definition) is 0. The normalized spacial score (nSPS) is 14.7. The summed E-state index contributed by atoms with van der Waals surface area (Å²) in [6.45, 7) is 7.81. The van der Waals surface area contributed by atoms with Gasteiger partial charge in [0.1, 0.15) is 6.10 Å². The average Bonchev–Trinajstić information content (AvgIpc) is 2.17. The van der Waals surface area contributed by atoms with Gasteiger partial charge in [0.2, 0.25) is 0 Å². The molecule has 0 saturated carbocycles. The minimum absolute atomic E-state index is 0.526. The van der Waals surface area contributed by atoms with Gasteiger partial charge in [-0.25, -0.2) is 4.79 Å². The Labute approximate surface area is 98.1 Å². The first kappa shape index (κ1) is 15.6. The van der Waals surface area contributed by atoms with E-state index in [1.54, 1.807) is 6.92 Å². The molecule has 0 N–H and O–H groups in total. The van der Waals surface area contributed by atoms with Gasteiger partial charge in [0.05, 0.1) is 7.11 Å². The Balaban J connectivity index is 4.97. The number of carbonyl (C=O) groups is 1. The minimum Gasteiger partial charge on any atom is -0.465 e. The second-order valence-corrected chi connectivity index (χ2v) is 8.90. The molecule has 0 bridgehead atoms. The molecule has 1 unspecified atom stereocenters. The van der Waals surface area contributed by atoms with E-state index in [9.17, 15) is 4.79 Å². The Morgan fingerprint density at radius 1 is 1.12 bits per heavy atom. The fourth-order valence-corrected chi connectivity index (χ4v) is 2.71. The largest absolute Gasteiger partial charge is 0.465 e. The second kappa shape index (κ2) is 5.76. The van der Waals surface area contributed by atoms with Crippen LogP contribution in [0.2, 0.25) is 19.6 Å². The zero-order valence-corrected chi connectivity index (χ0v) is 12.1. The lowest BCUT2D eigenvalue weighted by atomic mass is 10.1. The number of hydrogen-bond acceptors (Lipinski definition) is 5. The van der Waals surface area contributed by atoms with Crippen molar-refractivity contribution in [2.45, 2.75) is 38.5 Å². The van der Waals surface area contributed by atoms with Gasteiger partial charge in [0.15, 0.2) is 8.32 Å². The summed E-state index contributed by atoms with van der Waals surface area (Å²) in [5, 5.41) is 0. The predicted octanol–water partition coefficient (Wildman–Crippen LogP) is 1.39. The SMILES string of the molecule is COC(=O)C(OC)(OC)C(C)O[Si](C)(C)C. The van der Waals surface area contributed by atoms with Crippen LogP contribution >= 0.6 is 0 Å². The number of methoxy groups -OCH3 is 3. The van der Waals surface area contributed by atoms with Gasteiger partial charge in [0, 0.05) is 14.2 Å². The molecule has 0 aliphatic heterocycles. The Morgan fingerprint density at radius 2 is 1.56 bits per heavy atom. The minimum atomic E-state index is -1.79. The summed E-state index contributed by atoms with van der Waals surface area (Å²) in [4.78, 5) is 11.7. The number of ether oxygens (including phenoxy) is 3. The maximum absolute atomic E-state index is 11.7. The van der Waals surface area contributed by atoms with E-state index in [0.717, 1.165) is 0 Å². The Morgan fingerprint density at radius 3 is 1.81 bits per heavy atom. The third-order valence-corrected chi connectivity index (χ3v) is 3.20. The molecule has 96 valence electrons. The van der Waals surface area contributed by atoms with Crippen molar-refractivity contribution in [3.05, 3.63) is 0 Å². The van der Waals surface area contributed by atoms with Crippen molar-refractivity contribution in [2.75, 3.05) is 21.3 Å². The van der Waals surface area contributed by atoms with Gasteiger partial charge < -0.3 is 18.6 Å². The maximum atomic E-state index is 11.7. The van der Waals surface area contributed by atoms with Gasteiger partial charge in [-0.2, -0.15) is 0 Å². The lowest BCUT2D eigenvalue weighted by molar-refractivity contribution is -0.255. The van der Waals surface area contributed by atoms with E-state index >= 15 is 0 Å². The Hall–Kier alpha value is -0.433. The molecule has 6 heteroatoms. The topological polar surface area (TPSA) is 54.0 Å². The van der Waals surface area contributed by atoms with Gasteiger partial charge >= 0.3 is 5.97 Å². The molecule has 0 aliphatic rings. The Bertz CT molecular complexity index is 232. The fraction of sp³-hybridized carbons (Fsp3) is 0.900. The van der Waals surface area contributed by atoms with E-state index in [-0.39, 0.29) is 0 Å². The van der Waals surface area contributed by atoms with Crippen molar-refractivity contribution in [3.8, 4) is 0 Å². The zero-order chi connectivity index (χ0) is 13.0. The van der Waals surface area contributed by atoms with Crippen LogP contribution in [0.5, 0.6) is 0 Å². The maximum Gasteiger partial charge on any atom is 0.369 e. The molecule has 0 amide bonds. The monoisotopic (exact) mass is 250 g/mol. The lowest BCUT2D eigenvalue weighted by Gasteiger charge is -2.36. The Kier molecular flexibility index (Phi) is 5.61. The highest BCUT2D eigenvalue weighted by Crippen LogP contribution is 2.24. The average molecular weight is 250 g/mol. The molecule has 0 spiro atoms. The van der Waals surface area contributed by atoms with Crippen molar-refractivity contribution in [1.82, 2.24) is 0 Å². The smallest absolute Gasteiger partial charge is 0.369 e. The van der Waals surface area contributed by atoms with E-state index in [0.29, 0.717) is 0 Å². The number of rotatable bonds is 6. The highest BCUT2D eigenvalue weighted by molar-refractivity contribution is 6.69. The summed E-state index contributed by atoms with van der Waals surface area (Å²) in [7, 11) is 2.29. The highest BCUT2D eigenvalue weighted by Gasteiger charge is 2.48. The van der Waals surface area contributed by atoms with Crippen molar-refractivity contribution >= 4 is 14.3 Å². The van der Waals surface area contributed by atoms with Crippen molar-refractivity contribution < 1.29 is 23.4 Å². The van der Waals surface area contributed by atoms with Gasteiger partial charge in [-0.05, 0) is 26.6 Å². The first-order valence-corrected chi connectivity index (χ1v) is 8.51. The van der Waals surface area contributed by atoms with Crippen LogP contribution in [0.25, 0.3) is 0 Å². The van der Waals surface area contributed by atoms with Crippen LogP contribution in [0.15, 0.2) is 0 Å². The number of esters is 1. The lowest BCUT2D eigenvalue weighted by Crippen LogP contribution is -2.55. The molecule has 0 aromatic carbocycles. The molecule has 0 heterocycles. The van der Waals surface area contributed by atoms with Crippen molar-refractivity contribution in [3.63, 3.8) is 0 Å². The van der Waals surface area contributed by atoms with Crippen LogP contribution in [0.3, 0.4) is 0 Å². The van der Waals surface area contributed by atoms with Gasteiger partial charge in [0.25, 0.3) is 5.79 Å². The first-order valence-electron chi connectivity index (χ1n) is 5.10. The molecule has 0 aliphatic carbocycles. The molecule has 0 saturated heterocycles. The van der Waals surface area contributed by atoms with E-state index in [1.165, 1.54) is 21.3 Å². The first-order chi connectivity index (χ1) is 7.23. The van der Waals surface area contributed by atoms with Gasteiger partial charge in [-0.3, -0.25) is 0 Å². The number of carbonyl (C=O) groups excluding carboxylic acids is 1.